The van der Waals surface area contributed by atoms with E-state index < -0.39 is 0 Å². The molecular weight excluding hydrogens is 360 g/mol. The van der Waals surface area contributed by atoms with Gasteiger partial charge in [0.25, 0.3) is 0 Å². The van der Waals surface area contributed by atoms with Crippen LogP contribution in [0.4, 0.5) is 11.4 Å². The molecule has 29 heavy (non-hydrogen) atoms. The van der Waals surface area contributed by atoms with Gasteiger partial charge in [-0.05, 0) is 64.1 Å². The summed E-state index contributed by atoms with van der Waals surface area (Å²) in [5.41, 5.74) is 3.86. The zero-order valence-corrected chi connectivity index (χ0v) is 18.4. The molecule has 0 fully saturated rings. The first-order chi connectivity index (χ1) is 13.8. The lowest BCUT2D eigenvalue weighted by atomic mass is 10.1. The van der Waals surface area contributed by atoms with Crippen LogP contribution in [0.25, 0.3) is 6.08 Å². The molecule has 5 heteroatoms. The van der Waals surface area contributed by atoms with Crippen LogP contribution in [0.3, 0.4) is 0 Å². The standard InChI is InChI=1S/C24H34N4O/c1-26(2)16-15-25-22-12-9-20(10-13-22)11-14-24(29)21-7-6-8-23(19-21)28(5)18-17-27(3)4/h6-14,19,25H,15-18H2,1-5H3/b14-11+. The van der Waals surface area contributed by atoms with E-state index in [9.17, 15) is 4.79 Å². The van der Waals surface area contributed by atoms with Gasteiger partial charge in [0.05, 0.1) is 0 Å². The minimum atomic E-state index is 0.0149. The van der Waals surface area contributed by atoms with Crippen LogP contribution in [-0.2, 0) is 0 Å². The lowest BCUT2D eigenvalue weighted by molar-refractivity contribution is 0.104. The number of allylic oxidation sites excluding steroid dienone is 1. The number of rotatable bonds is 11. The fraction of sp³-hybridized carbons (Fsp3) is 0.375. The second-order valence-electron chi connectivity index (χ2n) is 7.82. The third kappa shape index (κ3) is 8.10. The van der Waals surface area contributed by atoms with Crippen molar-refractivity contribution >= 4 is 23.2 Å². The lowest BCUT2D eigenvalue weighted by Gasteiger charge is -2.21. The van der Waals surface area contributed by atoms with E-state index in [0.717, 1.165) is 43.1 Å². The number of carbonyl (C=O) groups is 1. The van der Waals surface area contributed by atoms with Crippen LogP contribution in [0.1, 0.15) is 15.9 Å². The van der Waals surface area contributed by atoms with Crippen molar-refractivity contribution in [2.24, 2.45) is 0 Å². The van der Waals surface area contributed by atoms with E-state index in [1.165, 1.54) is 0 Å². The number of carbonyl (C=O) groups excluding carboxylic acids is 1. The highest BCUT2D eigenvalue weighted by Crippen LogP contribution is 2.16. The maximum atomic E-state index is 12.6. The molecule has 0 saturated heterocycles. The van der Waals surface area contributed by atoms with Crippen LogP contribution in [0.5, 0.6) is 0 Å². The Morgan fingerprint density at radius 3 is 2.24 bits per heavy atom. The quantitative estimate of drug-likeness (QED) is 0.466. The average Bonchev–Trinajstić information content (AvgIpc) is 2.71. The van der Waals surface area contributed by atoms with Gasteiger partial charge in [0.2, 0.25) is 0 Å². The van der Waals surface area contributed by atoms with E-state index in [1.807, 2.05) is 54.6 Å². The summed E-state index contributed by atoms with van der Waals surface area (Å²) in [6, 6.07) is 15.9. The summed E-state index contributed by atoms with van der Waals surface area (Å²) in [5.74, 6) is 0.0149. The molecule has 5 nitrogen and oxygen atoms in total. The Hall–Kier alpha value is -2.63. The molecule has 0 spiro atoms. The van der Waals surface area contributed by atoms with Crippen LogP contribution in [-0.4, -0.2) is 77.0 Å². The van der Waals surface area contributed by atoms with Crippen LogP contribution < -0.4 is 10.2 Å². The fourth-order valence-electron chi connectivity index (χ4n) is 2.78. The summed E-state index contributed by atoms with van der Waals surface area (Å²) in [5, 5.41) is 3.39. The Morgan fingerprint density at radius 2 is 1.59 bits per heavy atom. The van der Waals surface area contributed by atoms with E-state index in [1.54, 1.807) is 6.08 Å². The third-order valence-electron chi connectivity index (χ3n) is 4.68. The molecule has 0 saturated carbocycles. The maximum absolute atomic E-state index is 12.6. The molecule has 0 radical (unpaired) electrons. The number of hydrogen-bond acceptors (Lipinski definition) is 5. The third-order valence-corrected chi connectivity index (χ3v) is 4.68. The second kappa shape index (κ2) is 11.4. The van der Waals surface area contributed by atoms with E-state index >= 15 is 0 Å². The van der Waals surface area contributed by atoms with E-state index in [-0.39, 0.29) is 5.78 Å². The minimum absolute atomic E-state index is 0.0149. The molecule has 2 aromatic rings. The molecule has 0 aliphatic heterocycles. The molecule has 2 rings (SSSR count). The Morgan fingerprint density at radius 1 is 0.897 bits per heavy atom. The first kappa shape index (κ1) is 22.7. The number of ketones is 1. The van der Waals surface area contributed by atoms with Crippen molar-refractivity contribution in [3.63, 3.8) is 0 Å². The number of benzene rings is 2. The highest BCUT2D eigenvalue weighted by Gasteiger charge is 2.06. The van der Waals surface area contributed by atoms with Crippen molar-refractivity contribution in [3.8, 4) is 0 Å². The summed E-state index contributed by atoms with van der Waals surface area (Å²) in [7, 11) is 10.3. The number of nitrogens with zero attached hydrogens (tertiary/aromatic N) is 3. The molecule has 0 aliphatic carbocycles. The van der Waals surface area contributed by atoms with Crippen molar-refractivity contribution in [2.75, 3.05) is 71.6 Å². The molecule has 156 valence electrons. The predicted octanol–water partition coefficient (Wildman–Crippen LogP) is 3.55. The Kier molecular flexibility index (Phi) is 8.90. The van der Waals surface area contributed by atoms with Gasteiger partial charge in [-0.15, -0.1) is 0 Å². The van der Waals surface area contributed by atoms with Gasteiger partial charge in [-0.2, -0.15) is 0 Å². The van der Waals surface area contributed by atoms with Crippen LogP contribution in [0.15, 0.2) is 54.6 Å². The highest BCUT2D eigenvalue weighted by molar-refractivity contribution is 6.07. The fourth-order valence-corrected chi connectivity index (χ4v) is 2.78. The molecule has 0 bridgehead atoms. The molecule has 0 amide bonds. The largest absolute Gasteiger partial charge is 0.384 e. The maximum Gasteiger partial charge on any atom is 0.185 e. The van der Waals surface area contributed by atoms with Gasteiger partial charge >= 0.3 is 0 Å². The van der Waals surface area contributed by atoms with Gasteiger partial charge in [0.15, 0.2) is 5.78 Å². The Bertz CT molecular complexity index is 797. The molecule has 0 heterocycles. The molecule has 1 N–H and O–H groups in total. The molecule has 2 aromatic carbocycles. The summed E-state index contributed by atoms with van der Waals surface area (Å²) >= 11 is 0. The first-order valence-corrected chi connectivity index (χ1v) is 10.0. The molecule has 0 atom stereocenters. The van der Waals surface area contributed by atoms with Gasteiger partial charge < -0.3 is 20.0 Å². The molecule has 0 unspecified atom stereocenters. The van der Waals surface area contributed by atoms with E-state index in [2.05, 4.69) is 55.3 Å². The smallest absolute Gasteiger partial charge is 0.185 e. The summed E-state index contributed by atoms with van der Waals surface area (Å²) in [4.78, 5) is 19.1. The SMILES string of the molecule is CN(C)CCNc1ccc(/C=C/C(=O)c2cccc(N(C)CCN(C)C)c2)cc1. The van der Waals surface area contributed by atoms with Gasteiger partial charge in [-0.1, -0.05) is 30.3 Å². The van der Waals surface area contributed by atoms with E-state index in [4.69, 9.17) is 0 Å². The van der Waals surface area contributed by atoms with Crippen molar-refractivity contribution in [1.29, 1.82) is 0 Å². The van der Waals surface area contributed by atoms with Crippen molar-refractivity contribution in [3.05, 3.63) is 65.7 Å². The normalized spacial score (nSPS) is 11.4. The van der Waals surface area contributed by atoms with Gasteiger partial charge in [-0.3, -0.25) is 4.79 Å². The second-order valence-corrected chi connectivity index (χ2v) is 7.82. The van der Waals surface area contributed by atoms with Gasteiger partial charge in [0, 0.05) is 50.2 Å². The molecule has 0 aromatic heterocycles. The molecular formula is C24H34N4O. The number of likely N-dealkylation sites (N-methyl/N-ethyl adjacent to an activating group) is 3. The average molecular weight is 395 g/mol. The van der Waals surface area contributed by atoms with Crippen LogP contribution >= 0.6 is 0 Å². The van der Waals surface area contributed by atoms with Crippen molar-refractivity contribution in [1.82, 2.24) is 9.80 Å². The summed E-state index contributed by atoms with van der Waals surface area (Å²) in [6.07, 6.45) is 3.52. The zero-order valence-electron chi connectivity index (χ0n) is 18.4. The summed E-state index contributed by atoms with van der Waals surface area (Å²) in [6.45, 7) is 3.77. The monoisotopic (exact) mass is 394 g/mol. The number of nitrogens with one attached hydrogen (secondary N) is 1. The topological polar surface area (TPSA) is 38.8 Å². The first-order valence-electron chi connectivity index (χ1n) is 10.0. The predicted molar refractivity (Wildman–Crippen MR) is 125 cm³/mol. The van der Waals surface area contributed by atoms with Crippen molar-refractivity contribution in [2.45, 2.75) is 0 Å². The molecule has 0 aliphatic rings. The van der Waals surface area contributed by atoms with Crippen LogP contribution in [0.2, 0.25) is 0 Å². The van der Waals surface area contributed by atoms with Gasteiger partial charge in [0.1, 0.15) is 0 Å². The lowest BCUT2D eigenvalue weighted by Crippen LogP contribution is -2.28. The Labute approximate surface area is 175 Å². The van der Waals surface area contributed by atoms with Gasteiger partial charge in [-0.25, -0.2) is 0 Å². The number of hydrogen-bond donors (Lipinski definition) is 1. The number of anilines is 2. The minimum Gasteiger partial charge on any atom is -0.384 e. The zero-order chi connectivity index (χ0) is 21.2. The highest BCUT2D eigenvalue weighted by atomic mass is 16.1. The summed E-state index contributed by atoms with van der Waals surface area (Å²) < 4.78 is 0. The van der Waals surface area contributed by atoms with Crippen LogP contribution in [0, 0.1) is 0 Å². The van der Waals surface area contributed by atoms with Crippen molar-refractivity contribution < 1.29 is 4.79 Å². The van der Waals surface area contributed by atoms with E-state index in [0.29, 0.717) is 5.56 Å². The Balaban J connectivity index is 1.95.